The van der Waals surface area contributed by atoms with E-state index >= 15 is 0 Å². The summed E-state index contributed by atoms with van der Waals surface area (Å²) in [6, 6.07) is 10.3. The summed E-state index contributed by atoms with van der Waals surface area (Å²) in [5.41, 5.74) is 1.18. The van der Waals surface area contributed by atoms with Crippen LogP contribution < -0.4 is 4.57 Å². The van der Waals surface area contributed by atoms with Crippen molar-refractivity contribution in [3.8, 4) is 5.69 Å². The van der Waals surface area contributed by atoms with Crippen molar-refractivity contribution in [2.24, 2.45) is 0 Å². The number of nitrogens with zero attached hydrogens (tertiary/aromatic N) is 2. The summed E-state index contributed by atoms with van der Waals surface area (Å²) in [6.45, 7) is 4.55. The van der Waals surface area contributed by atoms with Crippen LogP contribution in [0.25, 0.3) is 5.69 Å². The van der Waals surface area contributed by atoms with E-state index in [2.05, 4.69) is 34.2 Å². The van der Waals surface area contributed by atoms with Gasteiger partial charge in [-0.3, -0.25) is 0 Å². The van der Waals surface area contributed by atoms with Gasteiger partial charge in [0.15, 0.2) is 0 Å². The molecule has 70 valence electrons. The molecule has 2 heteroatoms. The lowest BCUT2D eigenvalue weighted by Gasteiger charge is -1.92. The van der Waals surface area contributed by atoms with Crippen molar-refractivity contribution in [1.29, 1.82) is 0 Å². The van der Waals surface area contributed by atoms with Crippen LogP contribution in [0.4, 0.5) is 0 Å². The van der Waals surface area contributed by atoms with Crippen molar-refractivity contribution in [1.82, 2.24) is 4.57 Å². The second-order valence-electron chi connectivity index (χ2n) is 3.14. The molecule has 0 aliphatic heterocycles. The smallest absolute Gasteiger partial charge is 0.233 e. The summed E-state index contributed by atoms with van der Waals surface area (Å²) in [5, 5.41) is 0. The molecule has 2 nitrogen and oxygen atoms in total. The quantitative estimate of drug-likeness (QED) is 0.510. The van der Waals surface area contributed by atoms with Crippen LogP contribution in [-0.4, -0.2) is 4.57 Å². The van der Waals surface area contributed by atoms with Gasteiger partial charge in [-0.1, -0.05) is 30.9 Å². The molecule has 2 aromatic rings. The fraction of sp³-hybridized carbons (Fsp3) is 0.0833. The van der Waals surface area contributed by atoms with Crippen molar-refractivity contribution >= 4 is 0 Å². The number of hydrogen-bond donors (Lipinski definition) is 0. The first-order valence-electron chi connectivity index (χ1n) is 4.63. The summed E-state index contributed by atoms with van der Waals surface area (Å²) < 4.78 is 4.17. The molecule has 0 aliphatic carbocycles. The highest BCUT2D eigenvalue weighted by Gasteiger charge is 2.03. The summed E-state index contributed by atoms with van der Waals surface area (Å²) in [6.07, 6.45) is 8.01. The maximum atomic E-state index is 3.71. The fourth-order valence-electron chi connectivity index (χ4n) is 1.40. The van der Waals surface area contributed by atoms with Gasteiger partial charge in [-0.2, -0.15) is 0 Å². The van der Waals surface area contributed by atoms with E-state index in [4.69, 9.17) is 0 Å². The Balaban J connectivity index is 2.29. The third kappa shape index (κ3) is 1.74. The molecule has 14 heavy (non-hydrogen) atoms. The molecule has 2 rings (SSSR count). The summed E-state index contributed by atoms with van der Waals surface area (Å²) in [7, 11) is 0. The van der Waals surface area contributed by atoms with Crippen molar-refractivity contribution in [2.45, 2.75) is 6.54 Å². The number of hydrogen-bond acceptors (Lipinski definition) is 0. The molecule has 0 saturated carbocycles. The summed E-state index contributed by atoms with van der Waals surface area (Å²) in [5.74, 6) is 0. The first-order chi connectivity index (χ1) is 6.90. The molecule has 0 bridgehead atoms. The maximum absolute atomic E-state index is 3.71. The third-order valence-electron chi connectivity index (χ3n) is 2.09. The van der Waals surface area contributed by atoms with E-state index in [-0.39, 0.29) is 0 Å². The lowest BCUT2D eigenvalue weighted by molar-refractivity contribution is -0.686. The number of para-hydroxylation sites is 1. The molecule has 0 spiro atoms. The van der Waals surface area contributed by atoms with E-state index in [1.807, 2.05) is 36.7 Å². The first kappa shape index (κ1) is 8.75. The highest BCUT2D eigenvalue weighted by Crippen LogP contribution is 2.04. The van der Waals surface area contributed by atoms with Crippen molar-refractivity contribution < 1.29 is 4.57 Å². The van der Waals surface area contributed by atoms with Gasteiger partial charge >= 0.3 is 0 Å². The Labute approximate surface area is 83.7 Å². The number of benzene rings is 1. The molecule has 0 unspecified atom stereocenters. The average molecular weight is 185 g/mol. The molecular weight excluding hydrogens is 172 g/mol. The minimum Gasteiger partial charge on any atom is -0.233 e. The number of aromatic nitrogens is 2. The molecule has 1 aromatic carbocycles. The topological polar surface area (TPSA) is 8.81 Å². The van der Waals surface area contributed by atoms with Gasteiger partial charge in [0.05, 0.1) is 0 Å². The van der Waals surface area contributed by atoms with E-state index < -0.39 is 0 Å². The Bertz CT molecular complexity index is 415. The molecule has 0 N–H and O–H groups in total. The minimum absolute atomic E-state index is 0.847. The van der Waals surface area contributed by atoms with Gasteiger partial charge < -0.3 is 0 Å². The lowest BCUT2D eigenvalue weighted by Crippen LogP contribution is -2.29. The zero-order valence-electron chi connectivity index (χ0n) is 8.00. The van der Waals surface area contributed by atoms with Crippen LogP contribution in [0, 0.1) is 0 Å². The molecular formula is C12H13N2+. The van der Waals surface area contributed by atoms with Gasteiger partial charge in [-0.25, -0.2) is 9.13 Å². The van der Waals surface area contributed by atoms with Crippen LogP contribution in [0.15, 0.2) is 61.7 Å². The molecule has 0 saturated heterocycles. The van der Waals surface area contributed by atoms with E-state index in [1.54, 1.807) is 0 Å². The highest BCUT2D eigenvalue weighted by molar-refractivity contribution is 5.30. The second kappa shape index (κ2) is 3.92. The summed E-state index contributed by atoms with van der Waals surface area (Å²) in [4.78, 5) is 0. The third-order valence-corrected chi connectivity index (χ3v) is 2.09. The maximum Gasteiger partial charge on any atom is 0.249 e. The molecule has 1 aromatic heterocycles. The van der Waals surface area contributed by atoms with Gasteiger partial charge in [0.1, 0.15) is 24.6 Å². The van der Waals surface area contributed by atoms with Gasteiger partial charge in [0.2, 0.25) is 6.33 Å². The van der Waals surface area contributed by atoms with Crippen LogP contribution in [0.3, 0.4) is 0 Å². The zero-order chi connectivity index (χ0) is 9.80. The Hall–Kier alpha value is -1.83. The fourth-order valence-corrected chi connectivity index (χ4v) is 1.40. The molecule has 0 aliphatic rings. The van der Waals surface area contributed by atoms with Crippen molar-refractivity contribution in [3.63, 3.8) is 0 Å². The van der Waals surface area contributed by atoms with Crippen LogP contribution in [-0.2, 0) is 6.54 Å². The van der Waals surface area contributed by atoms with Gasteiger partial charge in [0.25, 0.3) is 0 Å². The van der Waals surface area contributed by atoms with Gasteiger partial charge in [-0.05, 0) is 12.1 Å². The van der Waals surface area contributed by atoms with E-state index in [0.29, 0.717) is 0 Å². The normalized spacial score (nSPS) is 10.0. The van der Waals surface area contributed by atoms with E-state index in [1.165, 1.54) is 5.69 Å². The number of allylic oxidation sites excluding steroid dienone is 1. The van der Waals surface area contributed by atoms with Crippen molar-refractivity contribution in [3.05, 3.63) is 61.7 Å². The standard InChI is InChI=1S/C12H13N2/c1-2-8-13-9-10-14(11-13)12-6-4-3-5-7-12/h2-7,9-11H,1,8H2/q+1. The Morgan fingerprint density at radius 3 is 2.79 bits per heavy atom. The molecule has 0 radical (unpaired) electrons. The SMILES string of the molecule is C=CC[n+]1ccn(-c2ccccc2)c1. The lowest BCUT2D eigenvalue weighted by atomic mass is 10.3. The van der Waals surface area contributed by atoms with Crippen LogP contribution in [0.5, 0.6) is 0 Å². The monoisotopic (exact) mass is 185 g/mol. The van der Waals surface area contributed by atoms with Crippen LogP contribution >= 0.6 is 0 Å². The van der Waals surface area contributed by atoms with Crippen molar-refractivity contribution in [2.75, 3.05) is 0 Å². The Morgan fingerprint density at radius 1 is 1.29 bits per heavy atom. The zero-order valence-corrected chi connectivity index (χ0v) is 8.00. The van der Waals surface area contributed by atoms with Gasteiger partial charge in [0, 0.05) is 0 Å². The van der Waals surface area contributed by atoms with Gasteiger partial charge in [-0.15, -0.1) is 0 Å². The number of imidazole rings is 1. The number of rotatable bonds is 3. The highest BCUT2D eigenvalue weighted by atomic mass is 15.1. The Morgan fingerprint density at radius 2 is 2.07 bits per heavy atom. The largest absolute Gasteiger partial charge is 0.249 e. The average Bonchev–Trinajstić information content (AvgIpc) is 2.68. The van der Waals surface area contributed by atoms with Crippen LogP contribution in [0.1, 0.15) is 0 Å². The predicted octanol–water partition coefficient (Wildman–Crippen LogP) is 1.95. The molecule has 0 amide bonds. The van der Waals surface area contributed by atoms with Crippen LogP contribution in [0.2, 0.25) is 0 Å². The van der Waals surface area contributed by atoms with E-state index in [0.717, 1.165) is 6.54 Å². The molecule has 1 heterocycles. The minimum atomic E-state index is 0.847. The first-order valence-corrected chi connectivity index (χ1v) is 4.63. The Kier molecular flexibility index (Phi) is 2.45. The predicted molar refractivity (Wildman–Crippen MR) is 56.2 cm³/mol. The van der Waals surface area contributed by atoms with E-state index in [9.17, 15) is 0 Å². The second-order valence-corrected chi connectivity index (χ2v) is 3.14. The molecule has 0 fully saturated rings. The molecule has 0 atom stereocenters. The summed E-state index contributed by atoms with van der Waals surface area (Å²) >= 11 is 0.